The smallest absolute Gasteiger partial charge is 0.220 e. The molecule has 0 spiro atoms. The first-order valence-corrected chi connectivity index (χ1v) is 7.97. The van der Waals surface area contributed by atoms with Gasteiger partial charge < -0.3 is 15.4 Å². The van der Waals surface area contributed by atoms with Crippen LogP contribution in [0.25, 0.3) is 0 Å². The molecule has 1 heterocycles. The van der Waals surface area contributed by atoms with Gasteiger partial charge in [0.05, 0.1) is 0 Å². The maximum atomic E-state index is 11.5. The van der Waals surface area contributed by atoms with Crippen LogP contribution in [0.3, 0.4) is 0 Å². The molecule has 2 N–H and O–H groups in total. The summed E-state index contributed by atoms with van der Waals surface area (Å²) in [5.74, 6) is 0.942. The van der Waals surface area contributed by atoms with Crippen molar-refractivity contribution in [3.8, 4) is 0 Å². The molecule has 0 aromatic carbocycles. The minimum absolute atomic E-state index is 0.0514. The van der Waals surface area contributed by atoms with Crippen molar-refractivity contribution in [2.24, 2.45) is 0 Å². The van der Waals surface area contributed by atoms with Gasteiger partial charge in [0.1, 0.15) is 5.44 Å². The number of rotatable bonds is 8. The van der Waals surface area contributed by atoms with Crippen LogP contribution in [-0.4, -0.2) is 42.7 Å². The summed E-state index contributed by atoms with van der Waals surface area (Å²) in [6.07, 6.45) is 4.97. The average molecular weight is 288 g/mol. The second-order valence-electron chi connectivity index (χ2n) is 4.60. The van der Waals surface area contributed by atoms with Gasteiger partial charge in [-0.2, -0.15) is 0 Å². The fourth-order valence-corrected chi connectivity index (χ4v) is 2.92. The van der Waals surface area contributed by atoms with Crippen LogP contribution in [0, 0.1) is 0 Å². The molecule has 2 amide bonds. The highest BCUT2D eigenvalue weighted by Gasteiger charge is 2.13. The lowest BCUT2D eigenvalue weighted by Crippen LogP contribution is -2.33. The number of nitrogens with one attached hydrogen (secondary N) is 2. The zero-order chi connectivity index (χ0) is 13.9. The van der Waals surface area contributed by atoms with Gasteiger partial charge in [0.15, 0.2) is 0 Å². The Morgan fingerprint density at radius 3 is 2.74 bits per heavy atom. The maximum Gasteiger partial charge on any atom is 0.220 e. The van der Waals surface area contributed by atoms with Crippen molar-refractivity contribution < 1.29 is 14.3 Å². The molecule has 6 heteroatoms. The van der Waals surface area contributed by atoms with E-state index in [1.165, 1.54) is 19.8 Å². The minimum atomic E-state index is -0.0712. The summed E-state index contributed by atoms with van der Waals surface area (Å²) in [5.41, 5.74) is 0.330. The van der Waals surface area contributed by atoms with Gasteiger partial charge in [-0.3, -0.25) is 9.59 Å². The topological polar surface area (TPSA) is 67.4 Å². The van der Waals surface area contributed by atoms with Crippen LogP contribution in [0.1, 0.15) is 39.0 Å². The van der Waals surface area contributed by atoms with Crippen LogP contribution in [0.4, 0.5) is 0 Å². The molecule has 1 saturated heterocycles. The van der Waals surface area contributed by atoms with E-state index in [-0.39, 0.29) is 11.8 Å². The summed E-state index contributed by atoms with van der Waals surface area (Å²) in [6.45, 7) is 3.33. The molecular formula is C13H24N2O3S. The highest BCUT2D eigenvalue weighted by molar-refractivity contribution is 7.99. The molecule has 0 aromatic rings. The van der Waals surface area contributed by atoms with E-state index in [0.717, 1.165) is 25.2 Å². The summed E-state index contributed by atoms with van der Waals surface area (Å²) < 4.78 is 5.61. The summed E-state index contributed by atoms with van der Waals surface area (Å²) in [7, 11) is 0. The Morgan fingerprint density at radius 2 is 2.05 bits per heavy atom. The summed E-state index contributed by atoms with van der Waals surface area (Å²) in [6, 6.07) is 0. The van der Waals surface area contributed by atoms with E-state index in [4.69, 9.17) is 4.74 Å². The molecule has 1 aliphatic heterocycles. The predicted molar refractivity (Wildman–Crippen MR) is 77.0 cm³/mol. The molecule has 1 atom stereocenters. The molecule has 0 aliphatic carbocycles. The van der Waals surface area contributed by atoms with E-state index >= 15 is 0 Å². The molecule has 0 bridgehead atoms. The molecular weight excluding hydrogens is 264 g/mol. The van der Waals surface area contributed by atoms with Gasteiger partial charge in [0.25, 0.3) is 0 Å². The fourth-order valence-electron chi connectivity index (χ4n) is 1.82. The predicted octanol–water partition coefficient (Wildman–Crippen LogP) is 1.28. The number of carbonyl (C=O) groups is 2. The molecule has 110 valence electrons. The van der Waals surface area contributed by atoms with E-state index in [9.17, 15) is 9.59 Å². The Kier molecular flexibility index (Phi) is 8.66. The Hall–Kier alpha value is -0.750. The van der Waals surface area contributed by atoms with Crippen molar-refractivity contribution in [2.75, 3.05) is 25.4 Å². The molecule has 1 aliphatic rings. The van der Waals surface area contributed by atoms with Crippen molar-refractivity contribution in [2.45, 2.75) is 44.5 Å². The van der Waals surface area contributed by atoms with Crippen molar-refractivity contribution in [1.82, 2.24) is 10.6 Å². The Labute approximate surface area is 119 Å². The van der Waals surface area contributed by atoms with Crippen LogP contribution in [0.15, 0.2) is 0 Å². The van der Waals surface area contributed by atoms with Crippen molar-refractivity contribution in [3.05, 3.63) is 0 Å². The summed E-state index contributed by atoms with van der Waals surface area (Å²) in [4.78, 5) is 22.1. The number of amides is 2. The molecule has 0 saturated carbocycles. The third-order valence-corrected chi connectivity index (χ3v) is 4.08. The van der Waals surface area contributed by atoms with Crippen LogP contribution in [0.2, 0.25) is 0 Å². The van der Waals surface area contributed by atoms with Crippen LogP contribution in [0.5, 0.6) is 0 Å². The second-order valence-corrected chi connectivity index (χ2v) is 5.87. The monoisotopic (exact) mass is 288 g/mol. The Morgan fingerprint density at radius 1 is 1.26 bits per heavy atom. The van der Waals surface area contributed by atoms with Crippen molar-refractivity contribution in [1.29, 1.82) is 0 Å². The van der Waals surface area contributed by atoms with E-state index in [1.807, 2.05) is 11.8 Å². The van der Waals surface area contributed by atoms with Crippen molar-refractivity contribution >= 4 is 23.6 Å². The van der Waals surface area contributed by atoms with E-state index in [2.05, 4.69) is 10.6 Å². The largest absolute Gasteiger partial charge is 0.368 e. The Bertz CT molecular complexity index is 281. The van der Waals surface area contributed by atoms with Gasteiger partial charge in [0.2, 0.25) is 11.8 Å². The normalized spacial score (nSPS) is 18.9. The first-order chi connectivity index (χ1) is 9.18. The first kappa shape index (κ1) is 16.3. The molecule has 1 rings (SSSR count). The van der Waals surface area contributed by atoms with Crippen LogP contribution in [-0.2, 0) is 14.3 Å². The van der Waals surface area contributed by atoms with Crippen LogP contribution < -0.4 is 10.6 Å². The summed E-state index contributed by atoms with van der Waals surface area (Å²) >= 11 is 1.81. The number of hydrogen-bond acceptors (Lipinski definition) is 4. The number of ether oxygens (including phenoxy) is 1. The number of hydrogen-bond donors (Lipinski definition) is 2. The average Bonchev–Trinajstić information content (AvgIpc) is 2.41. The highest BCUT2D eigenvalue weighted by Crippen LogP contribution is 2.23. The van der Waals surface area contributed by atoms with Gasteiger partial charge in [-0.1, -0.05) is 0 Å². The molecule has 1 fully saturated rings. The first-order valence-electron chi connectivity index (χ1n) is 6.93. The zero-order valence-electron chi connectivity index (χ0n) is 11.6. The van der Waals surface area contributed by atoms with E-state index in [1.54, 1.807) is 0 Å². The summed E-state index contributed by atoms with van der Waals surface area (Å²) in [5, 5.41) is 5.42. The third-order valence-electron chi connectivity index (χ3n) is 2.81. The molecule has 0 aromatic heterocycles. The molecule has 5 nitrogen and oxygen atoms in total. The molecule has 0 radical (unpaired) electrons. The van der Waals surface area contributed by atoms with Crippen molar-refractivity contribution in [3.63, 3.8) is 0 Å². The van der Waals surface area contributed by atoms with Gasteiger partial charge in [0, 0.05) is 33.0 Å². The van der Waals surface area contributed by atoms with Gasteiger partial charge >= 0.3 is 0 Å². The Balaban J connectivity index is 1.90. The standard InChI is InChI=1S/C13H24N2O3S/c1-11(16)14-7-8-15-12(17)5-4-10-19-13-6-2-3-9-18-13/h13H,2-10H2,1H3,(H,14,16)(H,15,17). The third kappa shape index (κ3) is 8.88. The van der Waals surface area contributed by atoms with Gasteiger partial charge in [-0.05, 0) is 31.4 Å². The number of carbonyl (C=O) groups excluding carboxylic acids is 2. The lowest BCUT2D eigenvalue weighted by Gasteiger charge is -2.21. The van der Waals surface area contributed by atoms with Gasteiger partial charge in [-0.15, -0.1) is 11.8 Å². The van der Waals surface area contributed by atoms with E-state index in [0.29, 0.717) is 24.9 Å². The quantitative estimate of drug-likeness (QED) is 0.660. The molecule has 19 heavy (non-hydrogen) atoms. The second kappa shape index (κ2) is 10.1. The minimum Gasteiger partial charge on any atom is -0.368 e. The number of thioether (sulfide) groups is 1. The molecule has 1 unspecified atom stereocenters. The lowest BCUT2D eigenvalue weighted by molar-refractivity contribution is -0.122. The van der Waals surface area contributed by atoms with E-state index < -0.39 is 0 Å². The SMILES string of the molecule is CC(=O)NCCNC(=O)CCCSC1CCCCO1. The highest BCUT2D eigenvalue weighted by atomic mass is 32.2. The lowest BCUT2D eigenvalue weighted by atomic mass is 10.2. The zero-order valence-corrected chi connectivity index (χ0v) is 12.4. The fraction of sp³-hybridized carbons (Fsp3) is 0.846. The maximum absolute atomic E-state index is 11.5. The van der Waals surface area contributed by atoms with Crippen LogP contribution >= 0.6 is 11.8 Å². The van der Waals surface area contributed by atoms with Gasteiger partial charge in [-0.25, -0.2) is 0 Å².